The van der Waals surface area contributed by atoms with Gasteiger partial charge in [0.15, 0.2) is 0 Å². The number of ether oxygens (including phenoxy) is 1. The molecule has 3 aromatic carbocycles. The van der Waals surface area contributed by atoms with Gasteiger partial charge in [0, 0.05) is 11.3 Å². The molecule has 0 bridgehead atoms. The number of carbonyl (C=O) groups excluding carboxylic acids is 3. The van der Waals surface area contributed by atoms with E-state index in [-0.39, 0.29) is 22.3 Å². The summed E-state index contributed by atoms with van der Waals surface area (Å²) in [6.45, 7) is 8.34. The highest BCUT2D eigenvalue weighted by atomic mass is 16.5. The van der Waals surface area contributed by atoms with Crippen molar-refractivity contribution in [1.29, 1.82) is 0 Å². The van der Waals surface area contributed by atoms with Crippen LogP contribution >= 0.6 is 0 Å². The van der Waals surface area contributed by atoms with Gasteiger partial charge in [-0.15, -0.1) is 0 Å². The van der Waals surface area contributed by atoms with E-state index in [4.69, 9.17) is 4.74 Å². The largest absolute Gasteiger partial charge is 0.507 e. The highest BCUT2D eigenvalue weighted by molar-refractivity contribution is 6.51. The van der Waals surface area contributed by atoms with Gasteiger partial charge in [-0.05, 0) is 46.7 Å². The number of Topliss-reactive ketones (excluding diaryl/α,β-unsaturated/α-hetero) is 1. The summed E-state index contributed by atoms with van der Waals surface area (Å²) in [6, 6.07) is 20.5. The van der Waals surface area contributed by atoms with Gasteiger partial charge in [-0.3, -0.25) is 14.5 Å². The molecule has 4 rings (SSSR count). The molecule has 0 saturated carbocycles. The Kier molecular flexibility index (Phi) is 7.03. The molecule has 6 heteroatoms. The van der Waals surface area contributed by atoms with E-state index < -0.39 is 23.7 Å². The van der Waals surface area contributed by atoms with Crippen LogP contribution in [0.5, 0.6) is 0 Å². The third kappa shape index (κ3) is 4.92. The summed E-state index contributed by atoms with van der Waals surface area (Å²) in [4.78, 5) is 40.4. The molecule has 1 aliphatic heterocycles. The minimum atomic E-state index is -0.882. The average molecular weight is 498 g/mol. The number of methoxy groups -OCH3 is 1. The first-order valence-corrected chi connectivity index (χ1v) is 12.3. The summed E-state index contributed by atoms with van der Waals surface area (Å²) in [5.74, 6) is -2.36. The second kappa shape index (κ2) is 10.1. The Labute approximate surface area is 217 Å². The Morgan fingerprint density at radius 1 is 0.946 bits per heavy atom. The lowest BCUT2D eigenvalue weighted by Crippen LogP contribution is -2.29. The van der Waals surface area contributed by atoms with Crippen molar-refractivity contribution >= 4 is 29.1 Å². The van der Waals surface area contributed by atoms with Crippen molar-refractivity contribution in [3.05, 3.63) is 106 Å². The molecule has 1 heterocycles. The number of amides is 1. The number of ketones is 1. The molecular weight excluding hydrogens is 466 g/mol. The number of aliphatic hydroxyl groups excluding tert-OH is 1. The molecule has 1 N–H and O–H groups in total. The van der Waals surface area contributed by atoms with Gasteiger partial charge in [0.1, 0.15) is 5.76 Å². The summed E-state index contributed by atoms with van der Waals surface area (Å²) in [6.07, 6.45) is 0.835. The van der Waals surface area contributed by atoms with Gasteiger partial charge in [-0.2, -0.15) is 0 Å². The van der Waals surface area contributed by atoms with E-state index in [1.165, 1.54) is 18.1 Å². The van der Waals surface area contributed by atoms with Gasteiger partial charge in [0.05, 0.1) is 24.3 Å². The van der Waals surface area contributed by atoms with Gasteiger partial charge >= 0.3 is 5.97 Å². The molecule has 1 atom stereocenters. The maximum absolute atomic E-state index is 13.4. The molecule has 3 aromatic rings. The minimum Gasteiger partial charge on any atom is -0.507 e. The van der Waals surface area contributed by atoms with Crippen LogP contribution in [0.25, 0.3) is 5.76 Å². The number of benzene rings is 3. The van der Waals surface area contributed by atoms with E-state index in [0.29, 0.717) is 16.8 Å². The molecule has 1 unspecified atom stereocenters. The second-order valence-electron chi connectivity index (χ2n) is 10.1. The fourth-order valence-electron chi connectivity index (χ4n) is 4.53. The van der Waals surface area contributed by atoms with E-state index in [9.17, 15) is 19.5 Å². The number of carbonyl (C=O) groups is 3. The molecule has 0 aromatic heterocycles. The first-order chi connectivity index (χ1) is 17.6. The zero-order chi connectivity index (χ0) is 26.9. The van der Waals surface area contributed by atoms with Crippen LogP contribution in [0.1, 0.15) is 66.3 Å². The highest BCUT2D eigenvalue weighted by Crippen LogP contribution is 2.42. The molecule has 6 nitrogen and oxygen atoms in total. The van der Waals surface area contributed by atoms with Crippen LogP contribution in [0.4, 0.5) is 5.69 Å². The monoisotopic (exact) mass is 497 g/mol. The number of hydrogen-bond acceptors (Lipinski definition) is 5. The Bertz CT molecular complexity index is 1380. The summed E-state index contributed by atoms with van der Waals surface area (Å²) >= 11 is 0. The topological polar surface area (TPSA) is 83.9 Å². The fourth-order valence-corrected chi connectivity index (χ4v) is 4.53. The van der Waals surface area contributed by atoms with Crippen LogP contribution < -0.4 is 4.90 Å². The van der Waals surface area contributed by atoms with Crippen LogP contribution in [0.15, 0.2) is 78.4 Å². The van der Waals surface area contributed by atoms with Crippen LogP contribution in [-0.2, 0) is 26.2 Å². The van der Waals surface area contributed by atoms with Crippen molar-refractivity contribution < 1.29 is 24.2 Å². The number of anilines is 1. The van der Waals surface area contributed by atoms with E-state index in [1.807, 2.05) is 43.3 Å². The minimum absolute atomic E-state index is 0.00114. The Morgan fingerprint density at radius 3 is 2.16 bits per heavy atom. The van der Waals surface area contributed by atoms with Gasteiger partial charge in [-0.1, -0.05) is 82.3 Å². The molecule has 1 aliphatic rings. The Morgan fingerprint density at radius 2 is 1.59 bits per heavy atom. The predicted molar refractivity (Wildman–Crippen MR) is 144 cm³/mol. The summed E-state index contributed by atoms with van der Waals surface area (Å²) < 4.78 is 4.84. The van der Waals surface area contributed by atoms with Crippen molar-refractivity contribution in [2.24, 2.45) is 0 Å². The van der Waals surface area contributed by atoms with E-state index >= 15 is 0 Å². The molecule has 0 aliphatic carbocycles. The number of aryl methyl sites for hydroxylation is 1. The van der Waals surface area contributed by atoms with Crippen molar-refractivity contribution in [3.63, 3.8) is 0 Å². The summed E-state index contributed by atoms with van der Waals surface area (Å²) in [5.41, 5.74) is 3.82. The third-order valence-corrected chi connectivity index (χ3v) is 6.72. The van der Waals surface area contributed by atoms with Gasteiger partial charge < -0.3 is 9.84 Å². The van der Waals surface area contributed by atoms with Crippen molar-refractivity contribution in [1.82, 2.24) is 0 Å². The van der Waals surface area contributed by atoms with Crippen LogP contribution in [0.2, 0.25) is 0 Å². The lowest BCUT2D eigenvalue weighted by Gasteiger charge is -2.27. The van der Waals surface area contributed by atoms with Gasteiger partial charge in [0.25, 0.3) is 11.7 Å². The van der Waals surface area contributed by atoms with E-state index in [0.717, 1.165) is 17.5 Å². The normalized spacial score (nSPS) is 17.2. The zero-order valence-electron chi connectivity index (χ0n) is 21.7. The molecule has 1 fully saturated rings. The average Bonchev–Trinajstić information content (AvgIpc) is 3.17. The number of esters is 1. The quantitative estimate of drug-likeness (QED) is 0.204. The van der Waals surface area contributed by atoms with Crippen LogP contribution in [0, 0.1) is 0 Å². The lowest BCUT2D eigenvalue weighted by molar-refractivity contribution is -0.132. The van der Waals surface area contributed by atoms with Crippen molar-refractivity contribution in [3.8, 4) is 0 Å². The Hall–Kier alpha value is -4.19. The first-order valence-electron chi connectivity index (χ1n) is 12.3. The van der Waals surface area contributed by atoms with Gasteiger partial charge in [-0.25, -0.2) is 4.79 Å². The molecular formula is C31H31NO5. The molecule has 1 amide bonds. The smallest absolute Gasteiger partial charge is 0.337 e. The highest BCUT2D eigenvalue weighted by Gasteiger charge is 2.47. The standard InChI is InChI=1S/C31H31NO5/c1-6-19-10-12-21(13-11-19)27(33)25-26(20-14-16-23(17-15-20)31(2,3)4)32(29(35)28(25)34)24-9-7-8-22(18-24)30(36)37-5/h7-18,26,33H,6H2,1-5H3/b27-25+. The molecule has 0 spiro atoms. The van der Waals surface area contributed by atoms with Crippen LogP contribution in [0.3, 0.4) is 0 Å². The lowest BCUT2D eigenvalue weighted by atomic mass is 9.85. The second-order valence-corrected chi connectivity index (χ2v) is 10.1. The molecule has 0 radical (unpaired) electrons. The fraction of sp³-hybridized carbons (Fsp3) is 0.258. The molecule has 37 heavy (non-hydrogen) atoms. The van der Waals surface area contributed by atoms with E-state index in [2.05, 4.69) is 20.8 Å². The van der Waals surface area contributed by atoms with Crippen LogP contribution in [-0.4, -0.2) is 29.9 Å². The maximum Gasteiger partial charge on any atom is 0.337 e. The summed E-state index contributed by atoms with van der Waals surface area (Å²) in [5, 5.41) is 11.3. The third-order valence-electron chi connectivity index (χ3n) is 6.72. The Balaban J connectivity index is 1.92. The predicted octanol–water partition coefficient (Wildman–Crippen LogP) is 5.96. The number of hydrogen-bond donors (Lipinski definition) is 1. The molecule has 190 valence electrons. The SMILES string of the molecule is CCc1ccc(/C(O)=C2\C(=O)C(=O)N(c3cccc(C(=O)OC)c3)C2c2ccc(C(C)(C)C)cc2)cc1. The number of nitrogens with zero attached hydrogens (tertiary/aromatic N) is 1. The first kappa shape index (κ1) is 25.9. The molecule has 1 saturated heterocycles. The maximum atomic E-state index is 13.4. The summed E-state index contributed by atoms with van der Waals surface area (Å²) in [7, 11) is 1.28. The van der Waals surface area contributed by atoms with Crippen molar-refractivity contribution in [2.45, 2.75) is 45.6 Å². The number of aliphatic hydroxyl groups is 1. The zero-order valence-corrected chi connectivity index (χ0v) is 21.7. The van der Waals surface area contributed by atoms with Gasteiger partial charge in [0.2, 0.25) is 0 Å². The van der Waals surface area contributed by atoms with Crippen molar-refractivity contribution in [2.75, 3.05) is 12.0 Å². The number of rotatable bonds is 5. The van der Waals surface area contributed by atoms with E-state index in [1.54, 1.807) is 30.3 Å².